The van der Waals surface area contributed by atoms with Crippen molar-refractivity contribution >= 4 is 11.9 Å². The summed E-state index contributed by atoms with van der Waals surface area (Å²) in [6.45, 7) is 3.09. The van der Waals surface area contributed by atoms with E-state index in [2.05, 4.69) is 0 Å². The highest BCUT2D eigenvalue weighted by Gasteiger charge is 2.14. The molecule has 28 heavy (non-hydrogen) atoms. The molecule has 0 radical (unpaired) electrons. The average Bonchev–Trinajstić information content (AvgIpc) is 2.68. The van der Waals surface area contributed by atoms with Crippen LogP contribution in [-0.2, 0) is 9.53 Å². The lowest BCUT2D eigenvalue weighted by Crippen LogP contribution is -2.09. The van der Waals surface area contributed by atoms with Crippen molar-refractivity contribution in [1.29, 1.82) is 0 Å². The number of esters is 2. The molecule has 0 amide bonds. The van der Waals surface area contributed by atoms with Crippen molar-refractivity contribution in [3.8, 4) is 16.9 Å². The van der Waals surface area contributed by atoms with Crippen LogP contribution in [0, 0.1) is 5.82 Å². The molecule has 5 heteroatoms. The monoisotopic (exact) mass is 378 g/mol. The molecule has 4 nitrogen and oxygen atoms in total. The van der Waals surface area contributed by atoms with Crippen LogP contribution in [0.2, 0.25) is 0 Å². The van der Waals surface area contributed by atoms with Crippen LogP contribution in [0.3, 0.4) is 0 Å². The van der Waals surface area contributed by atoms with Crippen LogP contribution >= 0.6 is 0 Å². The van der Waals surface area contributed by atoms with E-state index in [-0.39, 0.29) is 11.8 Å². The van der Waals surface area contributed by atoms with E-state index in [1.54, 1.807) is 43.3 Å². The summed E-state index contributed by atoms with van der Waals surface area (Å²) in [4.78, 5) is 23.3. The fourth-order valence-electron chi connectivity index (χ4n) is 2.71. The molecule has 0 spiro atoms. The van der Waals surface area contributed by atoms with Gasteiger partial charge in [0, 0.05) is 6.92 Å². The van der Waals surface area contributed by atoms with E-state index in [4.69, 9.17) is 9.47 Å². The minimum absolute atomic E-state index is 0.334. The molecular formula is C23H19FO4. The van der Waals surface area contributed by atoms with Crippen molar-refractivity contribution in [3.63, 3.8) is 0 Å². The Morgan fingerprint density at radius 2 is 1.36 bits per heavy atom. The molecule has 0 aliphatic heterocycles. The first-order chi connectivity index (χ1) is 13.4. The Bertz CT molecular complexity index is 961. The molecule has 0 aliphatic carbocycles. The minimum Gasteiger partial charge on any atom is -0.454 e. The summed E-state index contributed by atoms with van der Waals surface area (Å²) in [5.74, 6) is -0.677. The Labute approximate surface area is 162 Å². The molecule has 0 unspecified atom stereocenters. The highest BCUT2D eigenvalue weighted by atomic mass is 19.1. The summed E-state index contributed by atoms with van der Waals surface area (Å²) in [6, 6.07) is 20.0. The van der Waals surface area contributed by atoms with Crippen LogP contribution in [0.4, 0.5) is 4.39 Å². The van der Waals surface area contributed by atoms with Crippen molar-refractivity contribution in [2.24, 2.45) is 0 Å². The van der Waals surface area contributed by atoms with Gasteiger partial charge in [0.25, 0.3) is 0 Å². The van der Waals surface area contributed by atoms with Crippen LogP contribution in [0.25, 0.3) is 11.1 Å². The maximum atomic E-state index is 13.0. The molecule has 3 aromatic carbocycles. The molecular weight excluding hydrogens is 359 g/mol. The standard InChI is InChI=1S/C23H19FO4/c1-15(17-7-11-21(24)12-8-17)27-23(26)20-5-3-18(4-6-20)19-9-13-22(14-10-19)28-16(2)25/h3-15H,1-2H3/t15-/m1/s1. The molecule has 0 saturated carbocycles. The smallest absolute Gasteiger partial charge is 0.338 e. The fourth-order valence-corrected chi connectivity index (χ4v) is 2.71. The molecule has 3 aromatic rings. The van der Waals surface area contributed by atoms with Crippen LogP contribution < -0.4 is 4.74 Å². The second-order valence-electron chi connectivity index (χ2n) is 6.29. The zero-order valence-corrected chi connectivity index (χ0v) is 15.5. The van der Waals surface area contributed by atoms with Gasteiger partial charge in [-0.05, 0) is 60.0 Å². The second-order valence-corrected chi connectivity index (χ2v) is 6.29. The molecule has 3 rings (SSSR count). The molecule has 0 aliphatic rings. The third-order valence-corrected chi connectivity index (χ3v) is 4.19. The van der Waals surface area contributed by atoms with Crippen molar-refractivity contribution in [3.05, 3.63) is 89.7 Å². The van der Waals surface area contributed by atoms with Gasteiger partial charge in [0.2, 0.25) is 0 Å². The van der Waals surface area contributed by atoms with E-state index in [0.717, 1.165) is 16.7 Å². The number of hydrogen-bond donors (Lipinski definition) is 0. The van der Waals surface area contributed by atoms with E-state index < -0.39 is 12.1 Å². The van der Waals surface area contributed by atoms with Gasteiger partial charge < -0.3 is 9.47 Å². The number of benzene rings is 3. The SMILES string of the molecule is CC(=O)Oc1ccc(-c2ccc(C(=O)O[C@H](C)c3ccc(F)cc3)cc2)cc1. The van der Waals surface area contributed by atoms with E-state index in [9.17, 15) is 14.0 Å². The van der Waals surface area contributed by atoms with E-state index >= 15 is 0 Å². The molecule has 0 bridgehead atoms. The summed E-state index contributed by atoms with van der Waals surface area (Å²) >= 11 is 0. The third-order valence-electron chi connectivity index (χ3n) is 4.19. The number of hydrogen-bond acceptors (Lipinski definition) is 4. The number of carbonyl (C=O) groups excluding carboxylic acids is 2. The third kappa shape index (κ3) is 4.82. The van der Waals surface area contributed by atoms with Gasteiger partial charge in [-0.15, -0.1) is 0 Å². The first-order valence-corrected chi connectivity index (χ1v) is 8.78. The highest BCUT2D eigenvalue weighted by Crippen LogP contribution is 2.24. The topological polar surface area (TPSA) is 52.6 Å². The van der Waals surface area contributed by atoms with Gasteiger partial charge in [-0.3, -0.25) is 4.79 Å². The quantitative estimate of drug-likeness (QED) is 0.444. The summed E-state index contributed by atoms with van der Waals surface area (Å²) < 4.78 is 23.5. The molecule has 0 aromatic heterocycles. The fraction of sp³-hybridized carbons (Fsp3) is 0.130. The molecule has 1 atom stereocenters. The van der Waals surface area contributed by atoms with Gasteiger partial charge in [0.05, 0.1) is 5.56 Å². The molecule has 0 fully saturated rings. The van der Waals surface area contributed by atoms with Gasteiger partial charge in [-0.2, -0.15) is 0 Å². The summed E-state index contributed by atoms with van der Waals surface area (Å²) in [5, 5.41) is 0. The highest BCUT2D eigenvalue weighted by molar-refractivity contribution is 5.90. The number of ether oxygens (including phenoxy) is 2. The van der Waals surface area contributed by atoms with Crippen molar-refractivity contribution in [2.75, 3.05) is 0 Å². The van der Waals surface area contributed by atoms with Gasteiger partial charge in [0.15, 0.2) is 0 Å². The Morgan fingerprint density at radius 1 is 0.821 bits per heavy atom. The average molecular weight is 378 g/mol. The van der Waals surface area contributed by atoms with Crippen molar-refractivity contribution < 1.29 is 23.5 Å². The number of halogens is 1. The predicted molar refractivity (Wildman–Crippen MR) is 103 cm³/mol. The summed E-state index contributed by atoms with van der Waals surface area (Å²) in [5.41, 5.74) is 2.99. The summed E-state index contributed by atoms with van der Waals surface area (Å²) in [7, 11) is 0. The normalized spacial score (nSPS) is 11.5. The lowest BCUT2D eigenvalue weighted by atomic mass is 10.0. The molecule has 0 heterocycles. The van der Waals surface area contributed by atoms with E-state index in [1.807, 2.05) is 24.3 Å². The lowest BCUT2D eigenvalue weighted by Gasteiger charge is -2.14. The Morgan fingerprint density at radius 3 is 1.89 bits per heavy atom. The Balaban J connectivity index is 1.67. The van der Waals surface area contributed by atoms with Crippen LogP contribution in [-0.4, -0.2) is 11.9 Å². The van der Waals surface area contributed by atoms with E-state index in [1.165, 1.54) is 19.1 Å². The van der Waals surface area contributed by atoms with Gasteiger partial charge >= 0.3 is 11.9 Å². The van der Waals surface area contributed by atoms with Crippen molar-refractivity contribution in [2.45, 2.75) is 20.0 Å². The van der Waals surface area contributed by atoms with Gasteiger partial charge in [-0.1, -0.05) is 36.4 Å². The zero-order valence-electron chi connectivity index (χ0n) is 15.5. The zero-order chi connectivity index (χ0) is 20.1. The molecule has 142 valence electrons. The van der Waals surface area contributed by atoms with Gasteiger partial charge in [0.1, 0.15) is 17.7 Å². The maximum Gasteiger partial charge on any atom is 0.338 e. The Hall–Kier alpha value is -3.47. The lowest BCUT2D eigenvalue weighted by molar-refractivity contribution is -0.131. The minimum atomic E-state index is -0.485. The van der Waals surface area contributed by atoms with Crippen LogP contribution in [0.5, 0.6) is 5.75 Å². The van der Waals surface area contributed by atoms with Gasteiger partial charge in [-0.25, -0.2) is 9.18 Å². The first kappa shape index (κ1) is 19.3. The van der Waals surface area contributed by atoms with Crippen molar-refractivity contribution in [1.82, 2.24) is 0 Å². The molecule has 0 N–H and O–H groups in total. The van der Waals surface area contributed by atoms with Crippen LogP contribution in [0.15, 0.2) is 72.8 Å². The Kier molecular flexibility index (Phi) is 5.84. The van der Waals surface area contributed by atoms with E-state index in [0.29, 0.717) is 11.3 Å². The second kappa shape index (κ2) is 8.48. The van der Waals surface area contributed by atoms with Crippen LogP contribution in [0.1, 0.15) is 35.9 Å². The first-order valence-electron chi connectivity index (χ1n) is 8.78. The predicted octanol–water partition coefficient (Wildman–Crippen LogP) is 5.34. The largest absolute Gasteiger partial charge is 0.454 e. The summed E-state index contributed by atoms with van der Waals surface area (Å²) in [6.07, 6.45) is -0.485. The number of carbonyl (C=O) groups is 2. The molecule has 0 saturated heterocycles. The maximum absolute atomic E-state index is 13.0. The number of rotatable bonds is 5.